The van der Waals surface area contributed by atoms with E-state index in [2.05, 4.69) is 53.5 Å². The standard InChI is InChI=1S/C34H31N3O4/c38-29-17-18-36-32(33(29)41-22-24-8-2-1-3-9-24)34(39)35-19-21-40-20-7-13-26-11-6-12-27-16-15-25-10-4-5-14-28(25)31(30(26)27)37(36)23-35/h1-14,17-18,31H,15-16,19-23H2/b13-7-. The van der Waals surface area contributed by atoms with Gasteiger partial charge in [-0.15, -0.1) is 0 Å². The van der Waals surface area contributed by atoms with Crippen molar-refractivity contribution in [3.63, 3.8) is 0 Å². The Bertz CT molecular complexity index is 1690. The second-order valence-corrected chi connectivity index (χ2v) is 10.6. The summed E-state index contributed by atoms with van der Waals surface area (Å²) in [6, 6.07) is 26.0. The van der Waals surface area contributed by atoms with Crippen LogP contribution in [0, 0.1) is 0 Å². The molecule has 2 bridgehead atoms. The number of carbonyl (C=O) groups excluding carboxylic acids is 1. The molecular formula is C34H31N3O4. The summed E-state index contributed by atoms with van der Waals surface area (Å²) in [5, 5.41) is 2.20. The smallest absolute Gasteiger partial charge is 0.277 e. The Balaban J connectivity index is 1.45. The van der Waals surface area contributed by atoms with Gasteiger partial charge in [0.05, 0.1) is 19.3 Å². The molecular weight excluding hydrogens is 514 g/mol. The van der Waals surface area contributed by atoms with Crippen molar-refractivity contribution in [3.05, 3.63) is 140 Å². The van der Waals surface area contributed by atoms with Crippen molar-refractivity contribution in [2.24, 2.45) is 0 Å². The molecule has 7 nitrogen and oxygen atoms in total. The molecule has 1 aromatic heterocycles. The van der Waals surface area contributed by atoms with Crippen LogP contribution in [-0.2, 0) is 24.2 Å². The molecule has 0 saturated heterocycles. The van der Waals surface area contributed by atoms with Crippen LogP contribution in [0.1, 0.15) is 49.9 Å². The van der Waals surface area contributed by atoms with Gasteiger partial charge >= 0.3 is 0 Å². The normalized spacial score (nSPS) is 18.6. The fourth-order valence-electron chi connectivity index (χ4n) is 6.22. The average molecular weight is 546 g/mol. The lowest BCUT2D eigenvalue weighted by molar-refractivity contribution is 0.0588. The number of pyridine rings is 1. The fourth-order valence-corrected chi connectivity index (χ4v) is 6.22. The summed E-state index contributed by atoms with van der Waals surface area (Å²) in [6.07, 6.45) is 7.76. The van der Waals surface area contributed by atoms with Gasteiger partial charge in [-0.25, -0.2) is 0 Å². The van der Waals surface area contributed by atoms with Crippen LogP contribution in [0.15, 0.2) is 95.9 Å². The number of aryl methyl sites for hydroxylation is 2. The SMILES string of the molecule is O=C1c2c(OCc3ccccc3)c(=O)ccn2N2CN1CCOC/C=C\c1cccc3c1C2c1ccccc1CC3. The van der Waals surface area contributed by atoms with E-state index >= 15 is 0 Å². The molecule has 7 heteroatoms. The lowest BCUT2D eigenvalue weighted by Gasteiger charge is -2.45. The third kappa shape index (κ3) is 4.62. The number of nitrogens with zero attached hydrogens (tertiary/aromatic N) is 3. The van der Waals surface area contributed by atoms with Gasteiger partial charge in [0.25, 0.3) is 5.91 Å². The van der Waals surface area contributed by atoms with Crippen LogP contribution in [0.2, 0.25) is 0 Å². The molecule has 7 rings (SSSR count). The molecule has 0 N–H and O–H groups in total. The first kappa shape index (κ1) is 25.4. The number of hydrogen-bond acceptors (Lipinski definition) is 5. The van der Waals surface area contributed by atoms with Crippen LogP contribution in [0.25, 0.3) is 6.08 Å². The minimum Gasteiger partial charge on any atom is -0.482 e. The van der Waals surface area contributed by atoms with Gasteiger partial charge in [0.1, 0.15) is 13.3 Å². The number of ether oxygens (including phenoxy) is 2. The summed E-state index contributed by atoms with van der Waals surface area (Å²) in [7, 11) is 0. The Morgan fingerprint density at radius 2 is 1.68 bits per heavy atom. The van der Waals surface area contributed by atoms with Crippen LogP contribution in [0.4, 0.5) is 0 Å². The van der Waals surface area contributed by atoms with E-state index in [1.54, 1.807) is 11.1 Å². The highest BCUT2D eigenvalue weighted by Crippen LogP contribution is 2.40. The molecule has 1 amide bonds. The number of benzene rings is 3. The van der Waals surface area contributed by atoms with Crippen molar-refractivity contribution >= 4 is 12.0 Å². The lowest BCUT2D eigenvalue weighted by Crippen LogP contribution is -2.56. The summed E-state index contributed by atoms with van der Waals surface area (Å²) in [5.74, 6) is -0.173. The zero-order valence-electron chi connectivity index (χ0n) is 22.7. The third-order valence-electron chi connectivity index (χ3n) is 8.18. The number of carbonyl (C=O) groups is 1. The molecule has 1 atom stereocenters. The molecule has 1 aliphatic carbocycles. The van der Waals surface area contributed by atoms with Gasteiger partial charge in [-0.2, -0.15) is 0 Å². The van der Waals surface area contributed by atoms with Gasteiger partial charge in [-0.1, -0.05) is 84.9 Å². The van der Waals surface area contributed by atoms with Gasteiger partial charge < -0.3 is 14.4 Å². The van der Waals surface area contributed by atoms with E-state index in [1.165, 1.54) is 28.3 Å². The molecule has 3 heterocycles. The molecule has 41 heavy (non-hydrogen) atoms. The summed E-state index contributed by atoms with van der Waals surface area (Å²) in [5.41, 5.74) is 6.94. The molecule has 1 unspecified atom stereocenters. The molecule has 0 radical (unpaired) electrons. The molecule has 3 aromatic carbocycles. The van der Waals surface area contributed by atoms with Crippen molar-refractivity contribution < 1.29 is 14.3 Å². The van der Waals surface area contributed by atoms with Gasteiger partial charge in [0.2, 0.25) is 5.43 Å². The lowest BCUT2D eigenvalue weighted by atomic mass is 9.90. The number of hydrogen-bond donors (Lipinski definition) is 0. The van der Waals surface area contributed by atoms with Crippen LogP contribution in [-0.4, -0.2) is 41.9 Å². The molecule has 4 aromatic rings. The molecule has 0 saturated carbocycles. The molecule has 0 fully saturated rings. The zero-order chi connectivity index (χ0) is 27.8. The first-order chi connectivity index (χ1) is 20.2. The topological polar surface area (TPSA) is 64.0 Å². The fraction of sp³-hybridized carbons (Fsp3) is 0.235. The Kier molecular flexibility index (Phi) is 6.65. The van der Waals surface area contributed by atoms with E-state index in [-0.39, 0.29) is 35.4 Å². The van der Waals surface area contributed by atoms with Gasteiger partial charge in [-0.05, 0) is 46.2 Å². The number of fused-ring (bicyclic) bond motifs is 7. The van der Waals surface area contributed by atoms with E-state index in [0.717, 1.165) is 24.0 Å². The van der Waals surface area contributed by atoms with Crippen LogP contribution >= 0.6 is 0 Å². The van der Waals surface area contributed by atoms with E-state index in [9.17, 15) is 9.59 Å². The monoisotopic (exact) mass is 545 g/mol. The van der Waals surface area contributed by atoms with Crippen LogP contribution in [0.3, 0.4) is 0 Å². The van der Waals surface area contributed by atoms with E-state index < -0.39 is 0 Å². The van der Waals surface area contributed by atoms with Gasteiger partial charge in [0, 0.05) is 18.8 Å². The van der Waals surface area contributed by atoms with Gasteiger partial charge in [0.15, 0.2) is 11.4 Å². The highest BCUT2D eigenvalue weighted by Gasteiger charge is 2.39. The average Bonchev–Trinajstić information content (AvgIpc) is 3.17. The van der Waals surface area contributed by atoms with E-state index in [0.29, 0.717) is 26.4 Å². The highest BCUT2D eigenvalue weighted by atomic mass is 16.5. The van der Waals surface area contributed by atoms with E-state index in [4.69, 9.17) is 9.47 Å². The maximum Gasteiger partial charge on any atom is 0.277 e. The molecule has 0 spiro atoms. The summed E-state index contributed by atoms with van der Waals surface area (Å²) >= 11 is 0. The van der Waals surface area contributed by atoms with Gasteiger partial charge in [-0.3, -0.25) is 19.3 Å². The molecule has 3 aliphatic rings. The Hall–Kier alpha value is -4.62. The summed E-state index contributed by atoms with van der Waals surface area (Å²) < 4.78 is 13.9. The number of amides is 1. The Labute approximate surface area is 238 Å². The third-order valence-corrected chi connectivity index (χ3v) is 8.18. The maximum absolute atomic E-state index is 14.1. The summed E-state index contributed by atoms with van der Waals surface area (Å²) in [4.78, 5) is 29.1. The number of aromatic nitrogens is 1. The van der Waals surface area contributed by atoms with Crippen molar-refractivity contribution in [2.45, 2.75) is 25.5 Å². The quantitative estimate of drug-likeness (QED) is 0.373. The maximum atomic E-state index is 14.1. The minimum absolute atomic E-state index is 0.0689. The Morgan fingerprint density at radius 1 is 0.878 bits per heavy atom. The molecule has 2 aliphatic heterocycles. The predicted octanol–water partition coefficient (Wildman–Crippen LogP) is 4.71. The zero-order valence-corrected chi connectivity index (χ0v) is 22.7. The Morgan fingerprint density at radius 3 is 2.59 bits per heavy atom. The first-order valence-corrected chi connectivity index (χ1v) is 14.1. The summed E-state index contributed by atoms with van der Waals surface area (Å²) in [6.45, 7) is 1.76. The molecule has 206 valence electrons. The van der Waals surface area contributed by atoms with Crippen molar-refractivity contribution in [3.8, 4) is 5.75 Å². The van der Waals surface area contributed by atoms with Crippen molar-refractivity contribution in [1.82, 2.24) is 9.58 Å². The minimum atomic E-state index is -0.315. The van der Waals surface area contributed by atoms with Crippen LogP contribution in [0.5, 0.6) is 5.75 Å². The van der Waals surface area contributed by atoms with Crippen molar-refractivity contribution in [1.29, 1.82) is 0 Å². The second kappa shape index (κ2) is 10.7. The second-order valence-electron chi connectivity index (χ2n) is 10.6. The van der Waals surface area contributed by atoms with E-state index in [1.807, 2.05) is 41.1 Å². The van der Waals surface area contributed by atoms with Crippen LogP contribution < -0.4 is 15.2 Å². The highest BCUT2D eigenvalue weighted by molar-refractivity contribution is 5.96. The number of rotatable bonds is 3. The largest absolute Gasteiger partial charge is 0.482 e. The predicted molar refractivity (Wildman–Crippen MR) is 158 cm³/mol. The van der Waals surface area contributed by atoms with Crippen molar-refractivity contribution in [2.75, 3.05) is 31.4 Å². The first-order valence-electron chi connectivity index (χ1n) is 14.1.